The van der Waals surface area contributed by atoms with E-state index in [9.17, 15) is 22.8 Å². The highest BCUT2D eigenvalue weighted by molar-refractivity contribution is 6.05. The van der Waals surface area contributed by atoms with Crippen molar-refractivity contribution >= 4 is 23.2 Å². The van der Waals surface area contributed by atoms with Gasteiger partial charge < -0.3 is 10.6 Å². The Hall–Kier alpha value is -2.90. The van der Waals surface area contributed by atoms with Gasteiger partial charge in [-0.1, -0.05) is 6.07 Å². The fourth-order valence-corrected chi connectivity index (χ4v) is 2.42. The van der Waals surface area contributed by atoms with Gasteiger partial charge >= 0.3 is 6.18 Å². The van der Waals surface area contributed by atoms with Crippen LogP contribution < -0.4 is 10.6 Å². The van der Waals surface area contributed by atoms with E-state index in [1.165, 1.54) is 6.92 Å². The highest BCUT2D eigenvalue weighted by Crippen LogP contribution is 2.31. The van der Waals surface area contributed by atoms with Gasteiger partial charge in [0.25, 0.3) is 5.91 Å². The molecule has 8 heteroatoms. The number of carbonyl (C=O) groups is 2. The first-order valence-corrected chi connectivity index (χ1v) is 8.01. The van der Waals surface area contributed by atoms with E-state index in [0.29, 0.717) is 11.4 Å². The SMILES string of the molecule is Cc1nc(C(F)(F)F)ccc1C(=O)Nc1cccc(NC(=O)C2CC2)c1. The maximum absolute atomic E-state index is 12.7. The Balaban J connectivity index is 1.72. The number of benzene rings is 1. The molecule has 1 fully saturated rings. The molecule has 0 unspecified atom stereocenters. The molecule has 2 aromatic rings. The zero-order chi connectivity index (χ0) is 18.9. The zero-order valence-electron chi connectivity index (χ0n) is 13.9. The van der Waals surface area contributed by atoms with Crippen molar-refractivity contribution < 1.29 is 22.8 Å². The normalized spacial score (nSPS) is 14.0. The second-order valence-corrected chi connectivity index (χ2v) is 6.13. The lowest BCUT2D eigenvalue weighted by Gasteiger charge is -2.11. The standard InChI is InChI=1S/C18H16F3N3O2/c1-10-14(7-8-15(22-10)18(19,20)21)17(26)24-13-4-2-3-12(9-13)23-16(25)11-5-6-11/h2-4,7-9,11H,5-6H2,1H3,(H,23,25)(H,24,26). The lowest BCUT2D eigenvalue weighted by atomic mass is 10.1. The second kappa shape index (κ2) is 6.78. The molecule has 26 heavy (non-hydrogen) atoms. The molecule has 136 valence electrons. The van der Waals surface area contributed by atoms with Gasteiger partial charge in [0.1, 0.15) is 5.69 Å². The number of hydrogen-bond acceptors (Lipinski definition) is 3. The molecule has 0 bridgehead atoms. The topological polar surface area (TPSA) is 71.1 Å². The van der Waals surface area contributed by atoms with Gasteiger partial charge in [-0.2, -0.15) is 13.2 Å². The molecule has 1 aliphatic carbocycles. The summed E-state index contributed by atoms with van der Waals surface area (Å²) in [6, 6.07) is 8.44. The van der Waals surface area contributed by atoms with Crippen molar-refractivity contribution in [3.8, 4) is 0 Å². The van der Waals surface area contributed by atoms with Crippen LogP contribution in [-0.2, 0) is 11.0 Å². The number of alkyl halides is 3. The molecule has 0 saturated heterocycles. The third-order valence-electron chi connectivity index (χ3n) is 3.96. The Morgan fingerprint density at radius 3 is 2.31 bits per heavy atom. The maximum Gasteiger partial charge on any atom is 0.433 e. The molecule has 2 N–H and O–H groups in total. The minimum absolute atomic E-state index is 0.0180. The number of hydrogen-bond donors (Lipinski definition) is 2. The molecule has 1 aliphatic rings. The van der Waals surface area contributed by atoms with Crippen LogP contribution in [0.4, 0.5) is 24.5 Å². The highest BCUT2D eigenvalue weighted by Gasteiger charge is 2.33. The minimum atomic E-state index is -4.56. The molecule has 5 nitrogen and oxygen atoms in total. The van der Waals surface area contributed by atoms with Crippen molar-refractivity contribution in [2.75, 3.05) is 10.6 Å². The van der Waals surface area contributed by atoms with Crippen LogP contribution in [0.15, 0.2) is 36.4 Å². The molecule has 1 heterocycles. The van der Waals surface area contributed by atoms with E-state index in [1.807, 2.05) is 0 Å². The summed E-state index contributed by atoms with van der Waals surface area (Å²) in [4.78, 5) is 27.6. The molecule has 0 atom stereocenters. The van der Waals surface area contributed by atoms with Crippen LogP contribution in [0, 0.1) is 12.8 Å². The third-order valence-corrected chi connectivity index (χ3v) is 3.96. The number of amides is 2. The van der Waals surface area contributed by atoms with Gasteiger partial charge in [-0.25, -0.2) is 4.98 Å². The van der Waals surface area contributed by atoms with E-state index in [2.05, 4.69) is 15.6 Å². The van der Waals surface area contributed by atoms with Gasteiger partial charge in [0.2, 0.25) is 5.91 Å². The Labute approximate surface area is 147 Å². The van der Waals surface area contributed by atoms with Crippen LogP contribution >= 0.6 is 0 Å². The van der Waals surface area contributed by atoms with Crippen molar-refractivity contribution in [1.29, 1.82) is 0 Å². The largest absolute Gasteiger partial charge is 0.433 e. The van der Waals surface area contributed by atoms with Crippen molar-refractivity contribution in [2.24, 2.45) is 5.92 Å². The van der Waals surface area contributed by atoms with Crippen molar-refractivity contribution in [3.05, 3.63) is 53.3 Å². The predicted molar refractivity (Wildman–Crippen MR) is 89.7 cm³/mol. The summed E-state index contributed by atoms with van der Waals surface area (Å²) in [6.07, 6.45) is -2.81. The lowest BCUT2D eigenvalue weighted by molar-refractivity contribution is -0.141. The molecule has 1 saturated carbocycles. The molecule has 0 radical (unpaired) electrons. The van der Waals surface area contributed by atoms with Crippen LogP contribution in [0.5, 0.6) is 0 Å². The molecular formula is C18H16F3N3O2. The quantitative estimate of drug-likeness (QED) is 0.862. The average molecular weight is 363 g/mol. The number of halogens is 3. The van der Waals surface area contributed by atoms with Crippen molar-refractivity contribution in [3.63, 3.8) is 0 Å². The van der Waals surface area contributed by atoms with Crippen LogP contribution in [-0.4, -0.2) is 16.8 Å². The molecule has 3 rings (SSSR count). The summed E-state index contributed by atoms with van der Waals surface area (Å²) < 4.78 is 38.0. The average Bonchev–Trinajstić information content (AvgIpc) is 3.39. The van der Waals surface area contributed by atoms with E-state index in [4.69, 9.17) is 0 Å². The zero-order valence-corrected chi connectivity index (χ0v) is 13.9. The van der Waals surface area contributed by atoms with Gasteiger partial charge in [-0.05, 0) is 50.1 Å². The first-order chi connectivity index (χ1) is 12.2. The van der Waals surface area contributed by atoms with Gasteiger partial charge in [-0.15, -0.1) is 0 Å². The number of nitrogens with one attached hydrogen (secondary N) is 2. The first kappa shape index (κ1) is 17.9. The molecule has 0 aliphatic heterocycles. The van der Waals surface area contributed by atoms with Crippen LogP contribution in [0.2, 0.25) is 0 Å². The molecule has 2 amide bonds. The fourth-order valence-electron chi connectivity index (χ4n) is 2.42. The Kier molecular flexibility index (Phi) is 4.67. The second-order valence-electron chi connectivity index (χ2n) is 6.13. The van der Waals surface area contributed by atoms with E-state index < -0.39 is 17.8 Å². The van der Waals surface area contributed by atoms with E-state index in [-0.39, 0.29) is 23.1 Å². The molecule has 0 spiro atoms. The van der Waals surface area contributed by atoms with Crippen LogP contribution in [0.3, 0.4) is 0 Å². The van der Waals surface area contributed by atoms with Gasteiger partial charge in [-0.3, -0.25) is 9.59 Å². The monoisotopic (exact) mass is 363 g/mol. The summed E-state index contributed by atoms with van der Waals surface area (Å²) in [7, 11) is 0. The number of aryl methyl sites for hydroxylation is 1. The summed E-state index contributed by atoms with van der Waals surface area (Å²) in [5.41, 5.74) is -0.0536. The fraction of sp³-hybridized carbons (Fsp3) is 0.278. The van der Waals surface area contributed by atoms with Gasteiger partial charge in [0.05, 0.1) is 11.3 Å². The smallest absolute Gasteiger partial charge is 0.326 e. The van der Waals surface area contributed by atoms with E-state index in [1.54, 1.807) is 24.3 Å². The first-order valence-electron chi connectivity index (χ1n) is 8.01. The van der Waals surface area contributed by atoms with Crippen LogP contribution in [0.25, 0.3) is 0 Å². The number of nitrogens with zero attached hydrogens (tertiary/aromatic N) is 1. The van der Waals surface area contributed by atoms with E-state index in [0.717, 1.165) is 25.0 Å². The highest BCUT2D eigenvalue weighted by atomic mass is 19.4. The van der Waals surface area contributed by atoms with Gasteiger partial charge in [0.15, 0.2) is 0 Å². The summed E-state index contributed by atoms with van der Waals surface area (Å²) in [5.74, 6) is -0.584. The number of anilines is 2. The maximum atomic E-state index is 12.7. The Bertz CT molecular complexity index is 861. The summed E-state index contributed by atoms with van der Waals surface area (Å²) in [5, 5.41) is 5.37. The number of pyridine rings is 1. The summed E-state index contributed by atoms with van der Waals surface area (Å²) in [6.45, 7) is 1.34. The minimum Gasteiger partial charge on any atom is -0.326 e. The van der Waals surface area contributed by atoms with E-state index >= 15 is 0 Å². The Morgan fingerprint density at radius 1 is 1.08 bits per heavy atom. The van der Waals surface area contributed by atoms with Gasteiger partial charge in [0, 0.05) is 17.3 Å². The van der Waals surface area contributed by atoms with Crippen molar-refractivity contribution in [1.82, 2.24) is 4.98 Å². The third kappa shape index (κ3) is 4.19. The van der Waals surface area contributed by atoms with Crippen molar-refractivity contribution in [2.45, 2.75) is 25.9 Å². The lowest BCUT2D eigenvalue weighted by Crippen LogP contribution is -2.17. The number of rotatable bonds is 4. The predicted octanol–water partition coefficient (Wildman–Crippen LogP) is 4.01. The molecule has 1 aromatic carbocycles. The number of aromatic nitrogens is 1. The summed E-state index contributed by atoms with van der Waals surface area (Å²) >= 11 is 0. The Morgan fingerprint density at radius 2 is 1.73 bits per heavy atom. The molecule has 1 aromatic heterocycles. The molecular weight excluding hydrogens is 347 g/mol. The van der Waals surface area contributed by atoms with Crippen LogP contribution in [0.1, 0.15) is 34.6 Å². The number of carbonyl (C=O) groups excluding carboxylic acids is 2.